The van der Waals surface area contributed by atoms with Gasteiger partial charge in [0.15, 0.2) is 0 Å². The number of sulfonamides is 1. The molecule has 34 heavy (non-hydrogen) atoms. The summed E-state index contributed by atoms with van der Waals surface area (Å²) < 4.78 is 28.8. The van der Waals surface area contributed by atoms with Crippen molar-refractivity contribution >= 4 is 15.8 Å². The predicted octanol–water partition coefficient (Wildman–Crippen LogP) is 4.64. The summed E-state index contributed by atoms with van der Waals surface area (Å²) in [4.78, 5) is 4.54. The zero-order valence-electron chi connectivity index (χ0n) is 19.4. The fraction of sp³-hybridized carbons (Fsp3) is 0.231. The molecule has 0 aliphatic carbocycles. The summed E-state index contributed by atoms with van der Waals surface area (Å²) >= 11 is 0. The summed E-state index contributed by atoms with van der Waals surface area (Å²) in [6.07, 6.45) is 3.45. The molecule has 4 rings (SSSR count). The minimum Gasteiger partial charge on any atom is -0.366 e. The molecule has 4 aromatic rings. The minimum atomic E-state index is -3.52. The predicted molar refractivity (Wildman–Crippen MR) is 135 cm³/mol. The lowest BCUT2D eigenvalue weighted by atomic mass is 10.1. The number of hydrogen-bond acceptors (Lipinski definition) is 5. The van der Waals surface area contributed by atoms with E-state index in [1.165, 1.54) is 16.1 Å². The molecule has 0 aliphatic heterocycles. The van der Waals surface area contributed by atoms with Gasteiger partial charge in [-0.25, -0.2) is 13.4 Å². The van der Waals surface area contributed by atoms with E-state index in [0.717, 1.165) is 16.8 Å². The van der Waals surface area contributed by atoms with Crippen LogP contribution in [0.25, 0.3) is 11.3 Å². The Kier molecular flexibility index (Phi) is 7.40. The van der Waals surface area contributed by atoms with Gasteiger partial charge in [0.2, 0.25) is 10.0 Å². The SMILES string of the molecule is CCN(CC)S(=O)(=O)c1ccc(NCc2cn(Cc3ccccc3)nc2-c2ccccc2)nc1. The lowest BCUT2D eigenvalue weighted by Gasteiger charge is -2.18. The Morgan fingerprint density at radius 1 is 0.912 bits per heavy atom. The molecule has 0 fully saturated rings. The lowest BCUT2D eigenvalue weighted by Crippen LogP contribution is -2.30. The van der Waals surface area contributed by atoms with Crippen LogP contribution in [0.15, 0.2) is 90.1 Å². The van der Waals surface area contributed by atoms with Crippen LogP contribution in [-0.4, -0.2) is 40.6 Å². The maximum Gasteiger partial charge on any atom is 0.244 e. The van der Waals surface area contributed by atoms with E-state index < -0.39 is 10.0 Å². The van der Waals surface area contributed by atoms with Gasteiger partial charge < -0.3 is 5.32 Å². The molecule has 176 valence electrons. The maximum atomic E-state index is 12.7. The highest BCUT2D eigenvalue weighted by Gasteiger charge is 2.21. The van der Waals surface area contributed by atoms with Gasteiger partial charge >= 0.3 is 0 Å². The van der Waals surface area contributed by atoms with Gasteiger partial charge in [0.1, 0.15) is 10.7 Å². The highest BCUT2D eigenvalue weighted by Crippen LogP contribution is 2.24. The molecule has 0 bridgehead atoms. The van der Waals surface area contributed by atoms with Crippen molar-refractivity contribution in [2.75, 3.05) is 18.4 Å². The highest BCUT2D eigenvalue weighted by molar-refractivity contribution is 7.89. The first-order valence-corrected chi connectivity index (χ1v) is 12.8. The van der Waals surface area contributed by atoms with Gasteiger partial charge in [-0.2, -0.15) is 9.40 Å². The summed E-state index contributed by atoms with van der Waals surface area (Å²) in [5.41, 5.74) is 4.16. The van der Waals surface area contributed by atoms with E-state index in [1.54, 1.807) is 12.1 Å². The van der Waals surface area contributed by atoms with Crippen molar-refractivity contribution in [1.82, 2.24) is 19.1 Å². The van der Waals surface area contributed by atoms with Crippen LogP contribution in [0.3, 0.4) is 0 Å². The van der Waals surface area contributed by atoms with Gasteiger partial charge in [-0.1, -0.05) is 74.5 Å². The molecule has 1 N–H and O–H groups in total. The van der Waals surface area contributed by atoms with Crippen molar-refractivity contribution in [1.29, 1.82) is 0 Å². The standard InChI is InChI=1S/C26H29N5O2S/c1-3-31(4-2)34(32,33)24-15-16-25(28-18-24)27-17-23-20-30(19-21-11-7-5-8-12-21)29-26(23)22-13-9-6-10-14-22/h5-16,18,20H,3-4,17,19H2,1-2H3,(H,27,28). The first-order valence-electron chi connectivity index (χ1n) is 11.4. The topological polar surface area (TPSA) is 80.1 Å². The van der Waals surface area contributed by atoms with Crippen LogP contribution < -0.4 is 5.32 Å². The lowest BCUT2D eigenvalue weighted by molar-refractivity contribution is 0.445. The largest absolute Gasteiger partial charge is 0.366 e. The van der Waals surface area contributed by atoms with E-state index in [9.17, 15) is 8.42 Å². The van der Waals surface area contributed by atoms with Crippen LogP contribution in [0.2, 0.25) is 0 Å². The second-order valence-electron chi connectivity index (χ2n) is 7.87. The van der Waals surface area contributed by atoms with Crippen LogP contribution in [0.5, 0.6) is 0 Å². The smallest absolute Gasteiger partial charge is 0.244 e. The molecule has 0 atom stereocenters. The van der Waals surface area contributed by atoms with Crippen molar-refractivity contribution in [2.45, 2.75) is 31.8 Å². The van der Waals surface area contributed by atoms with Crippen LogP contribution in [-0.2, 0) is 23.1 Å². The molecule has 0 saturated carbocycles. The van der Waals surface area contributed by atoms with E-state index in [2.05, 4.69) is 22.4 Å². The summed E-state index contributed by atoms with van der Waals surface area (Å²) in [7, 11) is -3.52. The minimum absolute atomic E-state index is 0.197. The van der Waals surface area contributed by atoms with E-state index >= 15 is 0 Å². The van der Waals surface area contributed by atoms with Crippen LogP contribution in [0, 0.1) is 0 Å². The number of aromatic nitrogens is 3. The third kappa shape index (κ3) is 5.35. The molecule has 2 aromatic carbocycles. The number of pyridine rings is 1. The summed E-state index contributed by atoms with van der Waals surface area (Å²) in [5.74, 6) is 0.605. The van der Waals surface area contributed by atoms with Gasteiger partial charge in [0.25, 0.3) is 0 Å². The summed E-state index contributed by atoms with van der Waals surface area (Å²) in [5, 5.41) is 8.16. The first kappa shape index (κ1) is 23.7. The van der Waals surface area contributed by atoms with Gasteiger partial charge in [-0.3, -0.25) is 4.68 Å². The molecule has 0 aliphatic rings. The van der Waals surface area contributed by atoms with E-state index in [0.29, 0.717) is 32.0 Å². The average Bonchev–Trinajstić information content (AvgIpc) is 3.27. The number of hydrogen-bond donors (Lipinski definition) is 1. The van der Waals surface area contributed by atoms with Crippen molar-refractivity contribution in [3.8, 4) is 11.3 Å². The van der Waals surface area contributed by atoms with Gasteiger partial charge in [-0.15, -0.1) is 0 Å². The van der Waals surface area contributed by atoms with E-state index in [4.69, 9.17) is 5.10 Å². The maximum absolute atomic E-state index is 12.7. The van der Waals surface area contributed by atoms with Crippen molar-refractivity contribution in [2.24, 2.45) is 0 Å². The molecule has 2 aromatic heterocycles. The second-order valence-corrected chi connectivity index (χ2v) is 9.81. The zero-order valence-corrected chi connectivity index (χ0v) is 20.2. The number of anilines is 1. The molecule has 2 heterocycles. The Balaban J connectivity index is 1.54. The van der Waals surface area contributed by atoms with E-state index in [-0.39, 0.29) is 4.90 Å². The van der Waals surface area contributed by atoms with Crippen LogP contribution in [0.4, 0.5) is 5.82 Å². The Hall–Kier alpha value is -3.49. The average molecular weight is 476 g/mol. The molecule has 0 saturated heterocycles. The summed E-state index contributed by atoms with van der Waals surface area (Å²) in [6.45, 7) is 5.69. The fourth-order valence-electron chi connectivity index (χ4n) is 3.82. The van der Waals surface area contributed by atoms with Crippen LogP contribution in [0.1, 0.15) is 25.0 Å². The Bertz CT molecular complexity index is 1300. The Morgan fingerprint density at radius 3 is 2.21 bits per heavy atom. The van der Waals surface area contributed by atoms with Crippen molar-refractivity contribution < 1.29 is 8.42 Å². The van der Waals surface area contributed by atoms with Crippen molar-refractivity contribution in [3.05, 3.63) is 96.3 Å². The Labute approximate surface area is 201 Å². The first-order chi connectivity index (χ1) is 16.5. The highest BCUT2D eigenvalue weighted by atomic mass is 32.2. The molecule has 7 nitrogen and oxygen atoms in total. The normalized spacial score (nSPS) is 11.6. The number of nitrogens with one attached hydrogen (secondary N) is 1. The molecule has 0 spiro atoms. The Morgan fingerprint density at radius 2 is 1.59 bits per heavy atom. The third-order valence-electron chi connectivity index (χ3n) is 5.61. The third-order valence-corrected chi connectivity index (χ3v) is 7.65. The number of benzene rings is 2. The van der Waals surface area contributed by atoms with Gasteiger partial charge in [-0.05, 0) is 17.7 Å². The molecule has 0 radical (unpaired) electrons. The molecule has 0 unspecified atom stereocenters. The zero-order chi connectivity index (χ0) is 24.0. The monoisotopic (exact) mass is 475 g/mol. The summed E-state index contributed by atoms with van der Waals surface area (Å²) in [6, 6.07) is 23.6. The molecule has 0 amide bonds. The number of rotatable bonds is 10. The van der Waals surface area contributed by atoms with Gasteiger partial charge in [0.05, 0.1) is 12.2 Å². The van der Waals surface area contributed by atoms with Gasteiger partial charge in [0, 0.05) is 43.2 Å². The fourth-order valence-corrected chi connectivity index (χ4v) is 5.22. The quantitative estimate of drug-likeness (QED) is 0.362. The van der Waals surface area contributed by atoms with Crippen LogP contribution >= 0.6 is 0 Å². The van der Waals surface area contributed by atoms with E-state index in [1.807, 2.05) is 73.3 Å². The molecular formula is C26H29N5O2S. The van der Waals surface area contributed by atoms with Crippen molar-refractivity contribution in [3.63, 3.8) is 0 Å². The second kappa shape index (κ2) is 10.6. The molecular weight excluding hydrogens is 446 g/mol. The number of nitrogens with zero attached hydrogens (tertiary/aromatic N) is 4. The molecule has 8 heteroatoms.